The minimum Gasteiger partial charge on any atom is -0.309 e. The summed E-state index contributed by atoms with van der Waals surface area (Å²) in [5.74, 6) is 0. The molecule has 11 rings (SSSR count). The van der Waals surface area contributed by atoms with Gasteiger partial charge in [-0.1, -0.05) is 261 Å². The quantitative estimate of drug-likeness (QED) is 0.115. The Morgan fingerprint density at radius 2 is 0.443 bits per heavy atom. The zero-order valence-electron chi connectivity index (χ0n) is 38.3. The molecule has 0 aliphatic carbocycles. The summed E-state index contributed by atoms with van der Waals surface area (Å²) in [5.41, 5.74) is 12.3. The lowest BCUT2D eigenvalue weighted by atomic mass is 9.95. The van der Waals surface area contributed by atoms with Crippen LogP contribution in [0.5, 0.6) is 0 Å². The Morgan fingerprint density at radius 3 is 0.800 bits per heavy atom. The van der Waals surface area contributed by atoms with E-state index in [-0.39, 0.29) is 0 Å². The Morgan fingerprint density at radius 1 is 0.200 bits per heavy atom. The lowest BCUT2D eigenvalue weighted by Crippen LogP contribution is -2.24. The number of hydrogen-bond acceptors (Lipinski definition) is 3. The maximum absolute atomic E-state index is 15.1. The van der Waals surface area contributed by atoms with Gasteiger partial charge in [0.1, 0.15) is 0 Å². The lowest BCUT2D eigenvalue weighted by Gasteiger charge is -2.20. The van der Waals surface area contributed by atoms with E-state index in [4.69, 9.17) is 4.98 Å². The average molecular weight is 936 g/mol. The first kappa shape index (κ1) is 44.3. The molecule has 0 radical (unpaired) electrons. The van der Waals surface area contributed by atoms with Gasteiger partial charge in [0.15, 0.2) is 14.3 Å². The van der Waals surface area contributed by atoms with Gasteiger partial charge in [-0.3, -0.25) is 0 Å². The van der Waals surface area contributed by atoms with Crippen molar-refractivity contribution in [3.8, 4) is 67.0 Å². The minimum absolute atomic E-state index is 0.791. The minimum atomic E-state index is -3.11. The van der Waals surface area contributed by atoms with E-state index in [9.17, 15) is 0 Å². The second-order valence-electron chi connectivity index (χ2n) is 17.4. The molecule has 0 amide bonds. The van der Waals surface area contributed by atoms with Crippen LogP contribution in [0.15, 0.2) is 285 Å². The van der Waals surface area contributed by atoms with Crippen LogP contribution in [0.2, 0.25) is 0 Å². The SMILES string of the molecule is O=P(c1ccccc1)(c1ccccc1)c1ccc(-c2cccc(-c3cc(-c4ccc(-c5ccccc5)cc4)cc(-c4cccc(-c5ccc(P(=O)(c6ccccc6)c6ccccc6)cc5)c4)n3)c2)cc1. The molecule has 0 bridgehead atoms. The Labute approximate surface area is 410 Å². The monoisotopic (exact) mass is 935 g/mol. The van der Waals surface area contributed by atoms with Crippen LogP contribution in [0.3, 0.4) is 0 Å². The summed E-state index contributed by atoms with van der Waals surface area (Å²) < 4.78 is 30.2. The second-order valence-corrected chi connectivity index (χ2v) is 22.9. The zero-order chi connectivity index (χ0) is 47.3. The van der Waals surface area contributed by atoms with Crippen molar-refractivity contribution in [3.05, 3.63) is 285 Å². The summed E-state index contributed by atoms with van der Waals surface area (Å²) in [5, 5.41) is 4.82. The highest BCUT2D eigenvalue weighted by Crippen LogP contribution is 2.44. The first-order valence-electron chi connectivity index (χ1n) is 23.5. The molecule has 1 heterocycles. The maximum Gasteiger partial charge on any atom is 0.171 e. The van der Waals surface area contributed by atoms with Gasteiger partial charge in [0.2, 0.25) is 0 Å². The van der Waals surface area contributed by atoms with Gasteiger partial charge in [-0.25, -0.2) is 4.98 Å². The highest BCUT2D eigenvalue weighted by Gasteiger charge is 2.31. The zero-order valence-corrected chi connectivity index (χ0v) is 40.1. The molecule has 1 aromatic heterocycles. The van der Waals surface area contributed by atoms with Crippen LogP contribution in [0, 0.1) is 0 Å². The van der Waals surface area contributed by atoms with E-state index in [1.165, 1.54) is 5.56 Å². The van der Waals surface area contributed by atoms with Gasteiger partial charge in [0.05, 0.1) is 11.4 Å². The van der Waals surface area contributed by atoms with Gasteiger partial charge in [0.25, 0.3) is 0 Å². The molecule has 0 fully saturated rings. The van der Waals surface area contributed by atoms with Crippen molar-refractivity contribution in [1.82, 2.24) is 4.98 Å². The van der Waals surface area contributed by atoms with Crippen LogP contribution in [-0.2, 0) is 9.13 Å². The molecule has 0 saturated heterocycles. The molecule has 0 unspecified atom stereocenters. The van der Waals surface area contributed by atoms with Gasteiger partial charge >= 0.3 is 0 Å². The molecule has 0 spiro atoms. The molecule has 10 aromatic carbocycles. The third-order valence-electron chi connectivity index (χ3n) is 13.1. The molecule has 70 heavy (non-hydrogen) atoms. The highest BCUT2D eigenvalue weighted by molar-refractivity contribution is 7.85. The van der Waals surface area contributed by atoms with Crippen LogP contribution in [0.4, 0.5) is 0 Å². The molecule has 0 atom stereocenters. The Balaban J connectivity index is 0.962. The molecule has 3 nitrogen and oxygen atoms in total. The molecular formula is C65H47NO2P2. The van der Waals surface area contributed by atoms with Crippen molar-refractivity contribution in [3.63, 3.8) is 0 Å². The van der Waals surface area contributed by atoms with Crippen molar-refractivity contribution < 1.29 is 9.13 Å². The summed E-state index contributed by atoms with van der Waals surface area (Å²) in [6.45, 7) is 0. The van der Waals surface area contributed by atoms with E-state index in [0.29, 0.717) is 0 Å². The summed E-state index contributed by atoms with van der Waals surface area (Å²) in [4.78, 5) is 5.39. The molecule has 0 saturated carbocycles. The fourth-order valence-electron chi connectivity index (χ4n) is 9.37. The normalized spacial score (nSPS) is 11.5. The fourth-order valence-corrected chi connectivity index (χ4v) is 14.7. The summed E-state index contributed by atoms with van der Waals surface area (Å²) in [6.07, 6.45) is 0. The van der Waals surface area contributed by atoms with Crippen molar-refractivity contribution in [2.24, 2.45) is 0 Å². The first-order chi connectivity index (χ1) is 34.4. The van der Waals surface area contributed by atoms with Crippen LogP contribution in [0.1, 0.15) is 0 Å². The number of rotatable bonds is 12. The Hall–Kier alpha value is -8.19. The maximum atomic E-state index is 15.1. The number of hydrogen-bond donors (Lipinski definition) is 0. The van der Waals surface area contributed by atoms with Gasteiger partial charge in [-0.15, -0.1) is 0 Å². The van der Waals surface area contributed by atoms with Gasteiger partial charge in [0, 0.05) is 43.0 Å². The predicted octanol–water partition coefficient (Wildman–Crippen LogP) is 14.4. The van der Waals surface area contributed by atoms with E-state index >= 15 is 9.13 Å². The highest BCUT2D eigenvalue weighted by atomic mass is 31.2. The molecule has 0 aliphatic heterocycles. The Bertz CT molecular complexity index is 3370. The molecule has 0 N–H and O–H groups in total. The topological polar surface area (TPSA) is 47.0 Å². The Kier molecular flexibility index (Phi) is 12.3. The van der Waals surface area contributed by atoms with E-state index in [1.807, 2.05) is 152 Å². The third kappa shape index (κ3) is 8.74. The number of nitrogens with zero attached hydrogens (tertiary/aromatic N) is 1. The van der Waals surface area contributed by atoms with E-state index in [2.05, 4.69) is 133 Å². The molecule has 11 aromatic rings. The van der Waals surface area contributed by atoms with Crippen molar-refractivity contribution >= 4 is 46.1 Å². The van der Waals surface area contributed by atoms with Gasteiger partial charge in [-0.2, -0.15) is 0 Å². The van der Waals surface area contributed by atoms with Crippen LogP contribution < -0.4 is 31.8 Å². The summed E-state index contributed by atoms with van der Waals surface area (Å²) in [6, 6.07) is 96.1. The van der Waals surface area contributed by atoms with E-state index in [0.717, 1.165) is 93.3 Å². The number of pyridine rings is 1. The standard InChI is InChI=1S/C65H47NO2P2/c67-69(58-24-8-2-9-25-58,59-26-10-3-11-27-59)62-40-36-50(37-41-62)53-20-16-22-55(44-53)64-46-57(52-34-32-49(33-35-52)48-18-6-1-7-19-48)47-65(66-64)56-23-17-21-54(45-56)51-38-42-63(43-39-51)70(68,60-28-12-4-13-29-60)61-30-14-5-15-31-61/h1-47H. The number of aromatic nitrogens is 1. The summed E-state index contributed by atoms with van der Waals surface area (Å²) in [7, 11) is -6.23. The first-order valence-corrected chi connectivity index (χ1v) is 26.9. The van der Waals surface area contributed by atoms with Crippen molar-refractivity contribution in [1.29, 1.82) is 0 Å². The molecule has 5 heteroatoms. The second kappa shape index (κ2) is 19.4. The van der Waals surface area contributed by atoms with Crippen LogP contribution in [0.25, 0.3) is 67.0 Å². The van der Waals surface area contributed by atoms with Crippen molar-refractivity contribution in [2.75, 3.05) is 0 Å². The molecular weight excluding hydrogens is 889 g/mol. The van der Waals surface area contributed by atoms with E-state index < -0.39 is 14.3 Å². The predicted molar refractivity (Wildman–Crippen MR) is 296 cm³/mol. The van der Waals surface area contributed by atoms with Gasteiger partial charge in [-0.05, 0) is 68.8 Å². The number of benzene rings is 10. The lowest BCUT2D eigenvalue weighted by molar-refractivity contribution is 0.591. The average Bonchev–Trinajstić information content (AvgIpc) is 3.46. The smallest absolute Gasteiger partial charge is 0.171 e. The van der Waals surface area contributed by atoms with E-state index in [1.54, 1.807) is 0 Å². The summed E-state index contributed by atoms with van der Waals surface area (Å²) >= 11 is 0. The molecule has 334 valence electrons. The fraction of sp³-hybridized carbons (Fsp3) is 0. The van der Waals surface area contributed by atoms with Gasteiger partial charge < -0.3 is 9.13 Å². The molecule has 0 aliphatic rings. The largest absolute Gasteiger partial charge is 0.309 e. The van der Waals surface area contributed by atoms with Crippen LogP contribution in [-0.4, -0.2) is 4.98 Å². The van der Waals surface area contributed by atoms with Crippen LogP contribution >= 0.6 is 14.3 Å². The van der Waals surface area contributed by atoms with Crippen molar-refractivity contribution in [2.45, 2.75) is 0 Å². The third-order valence-corrected chi connectivity index (χ3v) is 19.2.